The van der Waals surface area contributed by atoms with E-state index in [0.717, 1.165) is 5.56 Å². The van der Waals surface area contributed by atoms with Crippen molar-refractivity contribution in [1.82, 2.24) is 5.32 Å². The highest BCUT2D eigenvalue weighted by Gasteiger charge is 2.07. The first-order valence-electron chi connectivity index (χ1n) is 5.12. The zero-order chi connectivity index (χ0) is 12.7. The molecule has 0 aliphatic rings. The van der Waals surface area contributed by atoms with E-state index >= 15 is 0 Å². The maximum Gasteiger partial charge on any atom is 0.225 e. The molecule has 0 fully saturated rings. The molecule has 17 heavy (non-hydrogen) atoms. The molecular weight excluding hydrogens is 218 g/mol. The maximum atomic E-state index is 11.4. The van der Waals surface area contributed by atoms with Crippen molar-refractivity contribution >= 4 is 5.91 Å². The van der Waals surface area contributed by atoms with Crippen LogP contribution in [0.1, 0.15) is 5.56 Å². The summed E-state index contributed by atoms with van der Waals surface area (Å²) in [4.78, 5) is 11.4. The number of carbonyl (C=O) groups is 1. The van der Waals surface area contributed by atoms with Gasteiger partial charge in [-0.25, -0.2) is 0 Å². The zero-order valence-corrected chi connectivity index (χ0v) is 9.95. The van der Waals surface area contributed by atoms with Crippen molar-refractivity contribution < 1.29 is 14.3 Å². The van der Waals surface area contributed by atoms with Gasteiger partial charge in [-0.15, -0.1) is 6.42 Å². The van der Waals surface area contributed by atoms with Crippen LogP contribution < -0.4 is 14.8 Å². The van der Waals surface area contributed by atoms with Gasteiger partial charge in [0.15, 0.2) is 11.5 Å². The van der Waals surface area contributed by atoms with Crippen LogP contribution in [0.3, 0.4) is 0 Å². The van der Waals surface area contributed by atoms with Crippen LogP contribution in [-0.4, -0.2) is 26.7 Å². The number of amides is 1. The topological polar surface area (TPSA) is 47.6 Å². The Morgan fingerprint density at radius 3 is 2.65 bits per heavy atom. The van der Waals surface area contributed by atoms with Gasteiger partial charge >= 0.3 is 0 Å². The van der Waals surface area contributed by atoms with Crippen LogP contribution in [0.15, 0.2) is 18.2 Å². The third-order valence-corrected chi connectivity index (χ3v) is 2.20. The zero-order valence-electron chi connectivity index (χ0n) is 9.95. The number of ether oxygens (including phenoxy) is 2. The number of hydrogen-bond acceptors (Lipinski definition) is 3. The molecule has 1 aromatic rings. The Labute approximate surface area is 101 Å². The van der Waals surface area contributed by atoms with E-state index < -0.39 is 0 Å². The van der Waals surface area contributed by atoms with E-state index in [1.807, 2.05) is 6.07 Å². The third kappa shape index (κ3) is 3.72. The van der Waals surface area contributed by atoms with Gasteiger partial charge in [-0.2, -0.15) is 0 Å². The number of terminal acetylenes is 1. The van der Waals surface area contributed by atoms with Gasteiger partial charge in [0.2, 0.25) is 5.91 Å². The van der Waals surface area contributed by atoms with Crippen molar-refractivity contribution in [2.45, 2.75) is 6.42 Å². The van der Waals surface area contributed by atoms with Crippen molar-refractivity contribution in [3.63, 3.8) is 0 Å². The van der Waals surface area contributed by atoms with Gasteiger partial charge < -0.3 is 14.8 Å². The normalized spacial score (nSPS) is 9.24. The molecule has 1 rings (SSSR count). The first-order valence-corrected chi connectivity index (χ1v) is 5.12. The van der Waals surface area contributed by atoms with Gasteiger partial charge in [-0.05, 0) is 17.7 Å². The number of hydrogen-bond donors (Lipinski definition) is 1. The summed E-state index contributed by atoms with van der Waals surface area (Å²) < 4.78 is 10.3. The Morgan fingerprint density at radius 2 is 2.06 bits per heavy atom. The molecule has 0 unspecified atom stereocenters. The molecule has 90 valence electrons. The summed E-state index contributed by atoms with van der Waals surface area (Å²) in [7, 11) is 3.12. The molecule has 0 atom stereocenters. The second kappa shape index (κ2) is 6.44. The van der Waals surface area contributed by atoms with Gasteiger partial charge in [0.1, 0.15) is 0 Å². The summed E-state index contributed by atoms with van der Waals surface area (Å²) in [5.41, 5.74) is 0.845. The molecule has 0 heterocycles. The standard InChI is InChI=1S/C13H15NO3/c1-4-7-14-13(15)9-10-5-6-11(16-2)12(8-10)17-3/h1,5-6,8H,7,9H2,2-3H3,(H,14,15). The lowest BCUT2D eigenvalue weighted by Crippen LogP contribution is -2.25. The highest BCUT2D eigenvalue weighted by Crippen LogP contribution is 2.27. The van der Waals surface area contributed by atoms with E-state index in [0.29, 0.717) is 11.5 Å². The molecule has 0 bridgehead atoms. The molecule has 0 spiro atoms. The second-order valence-electron chi connectivity index (χ2n) is 3.35. The quantitative estimate of drug-likeness (QED) is 0.772. The Morgan fingerprint density at radius 1 is 1.35 bits per heavy atom. The minimum absolute atomic E-state index is 0.116. The molecule has 4 heteroatoms. The minimum Gasteiger partial charge on any atom is -0.493 e. The van der Waals surface area contributed by atoms with Crippen molar-refractivity contribution in [3.8, 4) is 23.8 Å². The highest BCUT2D eigenvalue weighted by molar-refractivity contribution is 5.79. The van der Waals surface area contributed by atoms with Gasteiger partial charge in [0.25, 0.3) is 0 Å². The Balaban J connectivity index is 2.73. The number of methoxy groups -OCH3 is 2. The highest BCUT2D eigenvalue weighted by atomic mass is 16.5. The number of rotatable bonds is 5. The molecule has 1 amide bonds. The summed E-state index contributed by atoms with van der Waals surface area (Å²) in [5.74, 6) is 3.48. The molecule has 1 aromatic carbocycles. The first kappa shape index (κ1) is 12.9. The van der Waals surface area contributed by atoms with Crippen molar-refractivity contribution in [2.24, 2.45) is 0 Å². The molecule has 0 saturated heterocycles. The lowest BCUT2D eigenvalue weighted by atomic mass is 10.1. The fourth-order valence-corrected chi connectivity index (χ4v) is 1.39. The van der Waals surface area contributed by atoms with Crippen molar-refractivity contribution in [1.29, 1.82) is 0 Å². The molecular formula is C13H15NO3. The molecule has 0 aliphatic carbocycles. The van der Waals surface area contributed by atoms with Crippen LogP contribution >= 0.6 is 0 Å². The summed E-state index contributed by atoms with van der Waals surface area (Å²) in [6.45, 7) is 0.242. The van der Waals surface area contributed by atoms with Gasteiger partial charge in [0.05, 0.1) is 27.2 Å². The van der Waals surface area contributed by atoms with Crippen LogP contribution in [0.5, 0.6) is 11.5 Å². The van der Waals surface area contributed by atoms with Crippen LogP contribution in [0.2, 0.25) is 0 Å². The molecule has 0 saturated carbocycles. The smallest absolute Gasteiger partial charge is 0.225 e. The Bertz CT molecular complexity index is 435. The number of benzene rings is 1. The van der Waals surface area contributed by atoms with E-state index in [2.05, 4.69) is 11.2 Å². The van der Waals surface area contributed by atoms with E-state index in [1.54, 1.807) is 26.4 Å². The SMILES string of the molecule is C#CCNC(=O)Cc1ccc(OC)c(OC)c1. The molecule has 0 aromatic heterocycles. The number of carbonyl (C=O) groups excluding carboxylic acids is 1. The molecule has 4 nitrogen and oxygen atoms in total. The second-order valence-corrected chi connectivity index (χ2v) is 3.35. The predicted molar refractivity (Wildman–Crippen MR) is 65.1 cm³/mol. The summed E-state index contributed by atoms with van der Waals surface area (Å²) in [6.07, 6.45) is 5.32. The van der Waals surface area contributed by atoms with Gasteiger partial charge in [-0.1, -0.05) is 12.0 Å². The van der Waals surface area contributed by atoms with Gasteiger partial charge in [-0.3, -0.25) is 4.79 Å². The van der Waals surface area contributed by atoms with Crippen LogP contribution in [-0.2, 0) is 11.2 Å². The minimum atomic E-state index is -0.116. The Kier molecular flexibility index (Phi) is 4.89. The van der Waals surface area contributed by atoms with Crippen LogP contribution in [0.25, 0.3) is 0 Å². The van der Waals surface area contributed by atoms with E-state index in [-0.39, 0.29) is 18.9 Å². The average molecular weight is 233 g/mol. The third-order valence-electron chi connectivity index (χ3n) is 2.20. The monoisotopic (exact) mass is 233 g/mol. The van der Waals surface area contributed by atoms with Crippen molar-refractivity contribution in [2.75, 3.05) is 20.8 Å². The Hall–Kier alpha value is -2.15. The lowest BCUT2D eigenvalue weighted by molar-refractivity contribution is -0.120. The fraction of sp³-hybridized carbons (Fsp3) is 0.308. The summed E-state index contributed by atoms with van der Waals surface area (Å²) in [6, 6.07) is 5.35. The fourth-order valence-electron chi connectivity index (χ4n) is 1.39. The summed E-state index contributed by atoms with van der Waals surface area (Å²) >= 11 is 0. The van der Waals surface area contributed by atoms with E-state index in [9.17, 15) is 4.79 Å². The van der Waals surface area contributed by atoms with Crippen LogP contribution in [0, 0.1) is 12.3 Å². The lowest BCUT2D eigenvalue weighted by Gasteiger charge is -2.09. The first-order chi connectivity index (χ1) is 8.21. The van der Waals surface area contributed by atoms with Crippen molar-refractivity contribution in [3.05, 3.63) is 23.8 Å². The molecule has 0 aliphatic heterocycles. The molecule has 1 N–H and O–H groups in total. The van der Waals surface area contributed by atoms with E-state index in [1.165, 1.54) is 0 Å². The number of nitrogens with one attached hydrogen (secondary N) is 1. The summed E-state index contributed by atoms with van der Waals surface area (Å²) in [5, 5.41) is 2.60. The largest absolute Gasteiger partial charge is 0.493 e. The maximum absolute atomic E-state index is 11.4. The predicted octanol–water partition coefficient (Wildman–Crippen LogP) is 0.996. The van der Waals surface area contributed by atoms with E-state index in [4.69, 9.17) is 15.9 Å². The average Bonchev–Trinajstić information content (AvgIpc) is 2.36. The molecule has 0 radical (unpaired) electrons. The van der Waals surface area contributed by atoms with Gasteiger partial charge in [0, 0.05) is 0 Å². The van der Waals surface area contributed by atoms with Crippen LogP contribution in [0.4, 0.5) is 0 Å².